The Morgan fingerprint density at radius 2 is 2.30 bits per heavy atom. The summed E-state index contributed by atoms with van der Waals surface area (Å²) in [5, 5.41) is 9.24. The van der Waals surface area contributed by atoms with Gasteiger partial charge in [-0.3, -0.25) is 4.79 Å². The van der Waals surface area contributed by atoms with Crippen LogP contribution in [0.1, 0.15) is 23.7 Å². The average Bonchev–Trinajstić information content (AvgIpc) is 2.99. The molecule has 1 N–H and O–H groups in total. The van der Waals surface area contributed by atoms with Crippen LogP contribution in [0.5, 0.6) is 5.75 Å². The van der Waals surface area contributed by atoms with Crippen LogP contribution >= 0.6 is 0 Å². The highest BCUT2D eigenvalue weighted by Crippen LogP contribution is 2.36. The number of methoxy groups -OCH3 is 1. The van der Waals surface area contributed by atoms with Gasteiger partial charge in [0.1, 0.15) is 17.5 Å². The van der Waals surface area contributed by atoms with Gasteiger partial charge in [0, 0.05) is 18.3 Å². The zero-order valence-corrected chi connectivity index (χ0v) is 11.5. The number of aliphatic carboxylic acids is 1. The van der Waals surface area contributed by atoms with Gasteiger partial charge in [-0.05, 0) is 25.0 Å². The molecule has 0 radical (unpaired) electrons. The van der Waals surface area contributed by atoms with Gasteiger partial charge in [-0.1, -0.05) is 12.1 Å². The molecule has 0 saturated heterocycles. The van der Waals surface area contributed by atoms with Gasteiger partial charge in [0.05, 0.1) is 12.8 Å². The van der Waals surface area contributed by atoms with E-state index in [-0.39, 0.29) is 0 Å². The fourth-order valence-electron chi connectivity index (χ4n) is 2.81. The Balaban J connectivity index is 2.08. The molecule has 104 valence electrons. The normalized spacial score (nSPS) is 17.0. The summed E-state index contributed by atoms with van der Waals surface area (Å²) in [6.45, 7) is 0. The minimum Gasteiger partial charge on any atom is -0.497 e. The van der Waals surface area contributed by atoms with Gasteiger partial charge < -0.3 is 14.4 Å². The number of rotatable bonds is 3. The highest BCUT2D eigenvalue weighted by molar-refractivity contribution is 5.77. The molecular weight excluding hydrogens is 256 g/mol. The molecule has 5 heteroatoms. The summed E-state index contributed by atoms with van der Waals surface area (Å²) < 4.78 is 7.21. The van der Waals surface area contributed by atoms with E-state index in [2.05, 4.69) is 4.98 Å². The average molecular weight is 272 g/mol. The van der Waals surface area contributed by atoms with Crippen molar-refractivity contribution in [3.63, 3.8) is 0 Å². The standard InChI is InChI=1S/C15H16N2O3/c1-17-12-7-6-11(15(18)19)13(12)16-14(17)9-4-3-5-10(8-9)20-2/h3-5,8,11H,6-7H2,1-2H3,(H,18,19). The van der Waals surface area contributed by atoms with E-state index >= 15 is 0 Å². The molecular formula is C15H16N2O3. The molecule has 1 atom stereocenters. The maximum Gasteiger partial charge on any atom is 0.312 e. The fourth-order valence-corrected chi connectivity index (χ4v) is 2.81. The number of carbonyl (C=O) groups is 1. The number of nitrogens with zero attached hydrogens (tertiary/aromatic N) is 2. The number of benzene rings is 1. The molecule has 0 bridgehead atoms. The third-order valence-corrected chi connectivity index (χ3v) is 3.87. The van der Waals surface area contributed by atoms with Crippen molar-refractivity contribution in [2.45, 2.75) is 18.8 Å². The topological polar surface area (TPSA) is 64.4 Å². The van der Waals surface area contributed by atoms with E-state index in [1.807, 2.05) is 35.9 Å². The second-order valence-corrected chi connectivity index (χ2v) is 4.99. The molecule has 20 heavy (non-hydrogen) atoms. The largest absolute Gasteiger partial charge is 0.497 e. The number of hydrogen-bond acceptors (Lipinski definition) is 3. The van der Waals surface area contributed by atoms with Gasteiger partial charge in [0.2, 0.25) is 0 Å². The molecule has 0 spiro atoms. The van der Waals surface area contributed by atoms with Crippen molar-refractivity contribution in [3.8, 4) is 17.1 Å². The van der Waals surface area contributed by atoms with Crippen LogP contribution < -0.4 is 4.74 Å². The van der Waals surface area contributed by atoms with Gasteiger partial charge in [-0.15, -0.1) is 0 Å². The first-order chi connectivity index (χ1) is 9.61. The van der Waals surface area contributed by atoms with Gasteiger partial charge in [0.15, 0.2) is 0 Å². The Morgan fingerprint density at radius 3 is 3.00 bits per heavy atom. The molecule has 3 rings (SSSR count). The minimum absolute atomic E-state index is 0.476. The van der Waals surface area contributed by atoms with E-state index in [0.29, 0.717) is 12.1 Å². The SMILES string of the molecule is COc1cccc(-c2nc3c(n2C)CCC3C(=O)O)c1. The van der Waals surface area contributed by atoms with Gasteiger partial charge >= 0.3 is 5.97 Å². The van der Waals surface area contributed by atoms with Crippen molar-refractivity contribution >= 4 is 5.97 Å². The summed E-state index contributed by atoms with van der Waals surface area (Å²) in [6, 6.07) is 7.64. The summed E-state index contributed by atoms with van der Waals surface area (Å²) >= 11 is 0. The Kier molecular flexibility index (Phi) is 2.97. The van der Waals surface area contributed by atoms with Crippen LogP contribution in [0.3, 0.4) is 0 Å². The summed E-state index contributed by atoms with van der Waals surface area (Å²) in [7, 11) is 3.56. The first kappa shape index (κ1) is 12.7. The minimum atomic E-state index is -0.793. The Bertz CT molecular complexity index is 676. The van der Waals surface area contributed by atoms with Gasteiger partial charge in [-0.2, -0.15) is 0 Å². The maximum atomic E-state index is 11.3. The fraction of sp³-hybridized carbons (Fsp3) is 0.333. The molecule has 1 aliphatic rings. The molecule has 0 fully saturated rings. The summed E-state index contributed by atoms with van der Waals surface area (Å²) in [5.41, 5.74) is 2.67. The lowest BCUT2D eigenvalue weighted by atomic mass is 10.1. The molecule has 0 saturated carbocycles. The van der Waals surface area contributed by atoms with E-state index in [9.17, 15) is 9.90 Å². The van der Waals surface area contributed by atoms with E-state index < -0.39 is 11.9 Å². The first-order valence-electron chi connectivity index (χ1n) is 6.54. The lowest BCUT2D eigenvalue weighted by Gasteiger charge is -2.06. The molecule has 1 unspecified atom stereocenters. The molecule has 1 aromatic heterocycles. The highest BCUT2D eigenvalue weighted by Gasteiger charge is 2.33. The van der Waals surface area contributed by atoms with Crippen LogP contribution in [-0.4, -0.2) is 27.7 Å². The van der Waals surface area contributed by atoms with Crippen LogP contribution in [0.25, 0.3) is 11.4 Å². The molecule has 0 amide bonds. The van der Waals surface area contributed by atoms with Crippen LogP contribution in [0.15, 0.2) is 24.3 Å². The van der Waals surface area contributed by atoms with Crippen molar-refractivity contribution in [1.29, 1.82) is 0 Å². The lowest BCUT2D eigenvalue weighted by molar-refractivity contribution is -0.138. The number of aromatic nitrogens is 2. The predicted molar refractivity (Wildman–Crippen MR) is 73.9 cm³/mol. The van der Waals surface area contributed by atoms with Crippen LogP contribution in [-0.2, 0) is 18.3 Å². The first-order valence-corrected chi connectivity index (χ1v) is 6.54. The van der Waals surface area contributed by atoms with E-state index in [1.165, 1.54) is 0 Å². The van der Waals surface area contributed by atoms with Crippen molar-refractivity contribution in [3.05, 3.63) is 35.7 Å². The molecule has 5 nitrogen and oxygen atoms in total. The summed E-state index contributed by atoms with van der Waals surface area (Å²) in [5.74, 6) is 0.287. The number of hydrogen-bond donors (Lipinski definition) is 1. The number of carboxylic acid groups (broad SMARTS) is 1. The quantitative estimate of drug-likeness (QED) is 0.930. The summed E-state index contributed by atoms with van der Waals surface area (Å²) in [4.78, 5) is 15.8. The van der Waals surface area contributed by atoms with Crippen LogP contribution in [0.2, 0.25) is 0 Å². The van der Waals surface area contributed by atoms with Crippen molar-refractivity contribution in [1.82, 2.24) is 9.55 Å². The molecule has 0 aliphatic heterocycles. The molecule has 2 aromatic rings. The van der Waals surface area contributed by atoms with Crippen LogP contribution in [0.4, 0.5) is 0 Å². The van der Waals surface area contributed by atoms with E-state index in [0.717, 1.165) is 29.3 Å². The number of imidazole rings is 1. The number of fused-ring (bicyclic) bond motifs is 1. The highest BCUT2D eigenvalue weighted by atomic mass is 16.5. The van der Waals surface area contributed by atoms with Gasteiger partial charge in [-0.25, -0.2) is 4.98 Å². The maximum absolute atomic E-state index is 11.3. The smallest absolute Gasteiger partial charge is 0.312 e. The van der Waals surface area contributed by atoms with Crippen molar-refractivity contribution < 1.29 is 14.6 Å². The third kappa shape index (κ3) is 1.86. The number of ether oxygens (including phenoxy) is 1. The monoisotopic (exact) mass is 272 g/mol. The van der Waals surface area contributed by atoms with Crippen molar-refractivity contribution in [2.24, 2.45) is 7.05 Å². The number of carboxylic acids is 1. The third-order valence-electron chi connectivity index (χ3n) is 3.87. The summed E-state index contributed by atoms with van der Waals surface area (Å²) in [6.07, 6.45) is 1.40. The molecule has 1 heterocycles. The zero-order chi connectivity index (χ0) is 14.3. The van der Waals surface area contributed by atoms with Crippen molar-refractivity contribution in [2.75, 3.05) is 7.11 Å². The Morgan fingerprint density at radius 1 is 1.50 bits per heavy atom. The lowest BCUT2D eigenvalue weighted by Crippen LogP contribution is -2.08. The second-order valence-electron chi connectivity index (χ2n) is 4.99. The molecule has 1 aliphatic carbocycles. The van der Waals surface area contributed by atoms with Gasteiger partial charge in [0.25, 0.3) is 0 Å². The zero-order valence-electron chi connectivity index (χ0n) is 11.5. The Hall–Kier alpha value is -2.30. The van der Waals surface area contributed by atoms with Crippen LogP contribution in [0, 0.1) is 0 Å². The molecule has 1 aromatic carbocycles. The Labute approximate surface area is 116 Å². The van der Waals surface area contributed by atoms with E-state index in [1.54, 1.807) is 7.11 Å². The second kappa shape index (κ2) is 4.67. The predicted octanol–water partition coefficient (Wildman–Crippen LogP) is 2.21. The van der Waals surface area contributed by atoms with E-state index in [4.69, 9.17) is 4.74 Å².